The highest BCUT2D eigenvalue weighted by molar-refractivity contribution is 8.21. The first-order chi connectivity index (χ1) is 13.0. The van der Waals surface area contributed by atoms with Crippen LogP contribution in [0.15, 0.2) is 11.6 Å². The average molecular weight is 439 g/mol. The predicted octanol–water partition coefficient (Wildman–Crippen LogP) is 7.30. The summed E-state index contributed by atoms with van der Waals surface area (Å²) in [7, 11) is 0. The van der Waals surface area contributed by atoms with Crippen LogP contribution in [0.25, 0.3) is 0 Å². The van der Waals surface area contributed by atoms with Crippen molar-refractivity contribution >= 4 is 47.0 Å². The molecular weight excluding hydrogens is 405 g/mol. The van der Waals surface area contributed by atoms with Gasteiger partial charge in [-0.15, -0.1) is 47.0 Å². The van der Waals surface area contributed by atoms with Gasteiger partial charge in [-0.1, -0.05) is 25.5 Å². The smallest absolute Gasteiger partial charge is 0.0795 e. The molecule has 0 unspecified atom stereocenters. The zero-order valence-electron chi connectivity index (χ0n) is 16.9. The minimum Gasteiger partial charge on any atom is -0.143 e. The molecule has 4 aliphatic carbocycles. The van der Waals surface area contributed by atoms with Crippen LogP contribution in [0.4, 0.5) is 0 Å². The molecule has 3 saturated carbocycles. The normalized spacial score (nSPS) is 49.7. The fourth-order valence-corrected chi connectivity index (χ4v) is 15.3. The zero-order valence-corrected chi connectivity index (χ0v) is 20.2. The Hall–Kier alpha value is 1.14. The van der Waals surface area contributed by atoms with Crippen molar-refractivity contribution in [1.82, 2.24) is 0 Å². The maximum absolute atomic E-state index is 2.81. The van der Waals surface area contributed by atoms with Crippen LogP contribution in [0.3, 0.4) is 0 Å². The summed E-state index contributed by atoms with van der Waals surface area (Å²) in [6.45, 7) is 5.42. The van der Waals surface area contributed by atoms with Crippen molar-refractivity contribution in [3.05, 3.63) is 11.6 Å². The molecule has 4 heteroatoms. The van der Waals surface area contributed by atoms with Crippen LogP contribution in [0, 0.1) is 28.6 Å². The van der Waals surface area contributed by atoms with Gasteiger partial charge in [0.2, 0.25) is 0 Å². The number of hydrogen-bond donors (Lipinski definition) is 0. The summed E-state index contributed by atoms with van der Waals surface area (Å²) in [6.07, 6.45) is 14.7. The highest BCUT2D eigenvalue weighted by atomic mass is 32.2. The molecule has 0 N–H and O–H groups in total. The van der Waals surface area contributed by atoms with E-state index in [0.717, 1.165) is 17.8 Å². The molecule has 5 fully saturated rings. The Balaban J connectivity index is 1.32. The molecule has 5 atom stereocenters. The second-order valence-corrected chi connectivity index (χ2v) is 16.6. The van der Waals surface area contributed by atoms with E-state index < -0.39 is 0 Å². The Labute approximate surface area is 183 Å². The minimum absolute atomic E-state index is 0.472. The van der Waals surface area contributed by atoms with Gasteiger partial charge >= 0.3 is 0 Å². The van der Waals surface area contributed by atoms with Gasteiger partial charge in [-0.3, -0.25) is 0 Å². The van der Waals surface area contributed by atoms with E-state index in [1.807, 2.05) is 5.57 Å². The lowest BCUT2D eigenvalue weighted by molar-refractivity contribution is -0.0370. The fraction of sp³-hybridized carbons (Fsp3) is 0.913. The second-order valence-electron chi connectivity index (χ2n) is 10.5. The van der Waals surface area contributed by atoms with Crippen LogP contribution in [-0.2, 0) is 0 Å². The third-order valence-electron chi connectivity index (χ3n) is 9.70. The van der Waals surface area contributed by atoms with Crippen molar-refractivity contribution in [2.75, 3.05) is 23.0 Å². The molecule has 2 aliphatic heterocycles. The molecule has 0 radical (unpaired) electrons. The summed E-state index contributed by atoms with van der Waals surface area (Å²) >= 11 is 9.23. The van der Waals surface area contributed by atoms with E-state index in [0.29, 0.717) is 19.0 Å². The van der Waals surface area contributed by atoms with Crippen molar-refractivity contribution in [1.29, 1.82) is 0 Å². The lowest BCUT2D eigenvalue weighted by Crippen LogP contribution is -2.53. The van der Waals surface area contributed by atoms with E-state index in [2.05, 4.69) is 67.0 Å². The number of thioether (sulfide) groups is 4. The maximum atomic E-state index is 2.81. The Morgan fingerprint density at radius 1 is 0.778 bits per heavy atom. The summed E-state index contributed by atoms with van der Waals surface area (Å²) in [5.74, 6) is 8.57. The quantitative estimate of drug-likeness (QED) is 0.364. The largest absolute Gasteiger partial charge is 0.143 e. The lowest BCUT2D eigenvalue weighted by atomic mass is 9.47. The van der Waals surface area contributed by atoms with Gasteiger partial charge in [-0.05, 0) is 80.0 Å². The first kappa shape index (κ1) is 18.9. The first-order valence-electron chi connectivity index (χ1n) is 11.3. The molecule has 2 spiro atoms. The van der Waals surface area contributed by atoms with Gasteiger partial charge in [0.05, 0.1) is 8.16 Å². The van der Waals surface area contributed by atoms with Crippen molar-refractivity contribution in [2.24, 2.45) is 28.6 Å². The van der Waals surface area contributed by atoms with Crippen LogP contribution >= 0.6 is 47.0 Å². The van der Waals surface area contributed by atoms with Gasteiger partial charge in [0.1, 0.15) is 0 Å². The molecule has 0 aromatic rings. The molecule has 2 heterocycles. The number of fused-ring (bicyclic) bond motifs is 6. The van der Waals surface area contributed by atoms with Crippen LogP contribution in [0.2, 0.25) is 0 Å². The summed E-state index contributed by atoms with van der Waals surface area (Å²) in [5, 5.41) is 0. The van der Waals surface area contributed by atoms with Gasteiger partial charge in [-0.2, -0.15) is 0 Å². The standard InChI is InChI=1S/C23H34S4/c1-20-9-10-22(24-11-12-25-22)15-16(20)3-4-17-18(20)5-7-21(2)19(17)6-8-23(21)26-13-14-27-23/h15,17-19H,3-14H2,1-2H3/t17-,18+,19+,20+,21+/m1/s1. The van der Waals surface area contributed by atoms with Crippen LogP contribution < -0.4 is 0 Å². The molecule has 6 aliphatic rings. The Bertz CT molecular complexity index is 659. The maximum Gasteiger partial charge on any atom is 0.0795 e. The van der Waals surface area contributed by atoms with Crippen molar-refractivity contribution in [3.63, 3.8) is 0 Å². The molecule has 0 aromatic heterocycles. The third-order valence-corrected chi connectivity index (χ3v) is 17.2. The molecule has 27 heavy (non-hydrogen) atoms. The van der Waals surface area contributed by atoms with E-state index >= 15 is 0 Å². The number of hydrogen-bond acceptors (Lipinski definition) is 4. The van der Waals surface area contributed by atoms with Gasteiger partial charge in [-0.25, -0.2) is 0 Å². The second kappa shape index (κ2) is 6.33. The van der Waals surface area contributed by atoms with Crippen LogP contribution in [0.5, 0.6) is 0 Å². The fourth-order valence-electron chi connectivity index (χ4n) is 8.27. The van der Waals surface area contributed by atoms with Gasteiger partial charge in [0.25, 0.3) is 0 Å². The van der Waals surface area contributed by atoms with E-state index in [1.165, 1.54) is 74.4 Å². The highest BCUT2D eigenvalue weighted by Gasteiger charge is 2.65. The summed E-state index contributed by atoms with van der Waals surface area (Å²) in [4.78, 5) is 0. The van der Waals surface area contributed by atoms with Gasteiger partial charge in [0, 0.05) is 23.0 Å². The van der Waals surface area contributed by atoms with E-state index in [4.69, 9.17) is 0 Å². The Kier molecular flexibility index (Phi) is 4.42. The average Bonchev–Trinajstić information content (AvgIpc) is 3.38. The van der Waals surface area contributed by atoms with E-state index in [-0.39, 0.29) is 0 Å². The molecule has 0 bridgehead atoms. The van der Waals surface area contributed by atoms with Crippen LogP contribution in [-0.4, -0.2) is 31.2 Å². The first-order valence-corrected chi connectivity index (χ1v) is 15.2. The van der Waals surface area contributed by atoms with Crippen molar-refractivity contribution < 1.29 is 0 Å². The van der Waals surface area contributed by atoms with E-state index in [9.17, 15) is 0 Å². The lowest BCUT2D eigenvalue weighted by Gasteiger charge is -2.60. The molecule has 2 saturated heterocycles. The molecule has 0 nitrogen and oxygen atoms in total. The monoisotopic (exact) mass is 438 g/mol. The van der Waals surface area contributed by atoms with Crippen LogP contribution in [0.1, 0.15) is 65.2 Å². The molecule has 6 rings (SSSR count). The molecule has 150 valence electrons. The van der Waals surface area contributed by atoms with E-state index in [1.54, 1.807) is 0 Å². The summed E-state index contributed by atoms with van der Waals surface area (Å²) in [5.41, 5.74) is 3.04. The summed E-state index contributed by atoms with van der Waals surface area (Å²) < 4.78 is 1.06. The molecule has 0 aromatic carbocycles. The predicted molar refractivity (Wildman–Crippen MR) is 127 cm³/mol. The van der Waals surface area contributed by atoms with Crippen molar-refractivity contribution in [3.8, 4) is 0 Å². The minimum atomic E-state index is 0.472. The molecular formula is C23H34S4. The Morgan fingerprint density at radius 3 is 2.26 bits per heavy atom. The topological polar surface area (TPSA) is 0 Å². The molecule has 0 amide bonds. The highest BCUT2D eigenvalue weighted by Crippen LogP contribution is 2.74. The van der Waals surface area contributed by atoms with Crippen molar-refractivity contribution in [2.45, 2.75) is 73.4 Å². The van der Waals surface area contributed by atoms with Gasteiger partial charge < -0.3 is 0 Å². The summed E-state index contributed by atoms with van der Waals surface area (Å²) in [6, 6.07) is 0. The number of allylic oxidation sites excluding steroid dienone is 1. The Morgan fingerprint density at radius 2 is 1.48 bits per heavy atom. The SMILES string of the molecule is C[C@]12CCC3(C=C1CC[C@@H]1[C@@H]2CC[C@@]2(C)[C@H]1CCC21SCCS1)SCCS3. The number of rotatable bonds is 0. The third kappa shape index (κ3) is 2.48. The zero-order chi connectivity index (χ0) is 18.3. The van der Waals surface area contributed by atoms with Gasteiger partial charge in [0.15, 0.2) is 0 Å².